The lowest BCUT2D eigenvalue weighted by Crippen LogP contribution is -2.35. The number of benzene rings is 1. The van der Waals surface area contributed by atoms with E-state index in [4.69, 9.17) is 0 Å². The van der Waals surface area contributed by atoms with Crippen molar-refractivity contribution in [2.24, 2.45) is 0 Å². The van der Waals surface area contributed by atoms with E-state index in [1.165, 1.54) is 0 Å². The van der Waals surface area contributed by atoms with Gasteiger partial charge in [-0.3, -0.25) is 9.59 Å². The van der Waals surface area contributed by atoms with Crippen LogP contribution in [0.25, 0.3) is 11.0 Å². The Hall–Kier alpha value is -2.37. The number of rotatable bonds is 2. The van der Waals surface area contributed by atoms with Crippen molar-refractivity contribution in [3.63, 3.8) is 0 Å². The quantitative estimate of drug-likeness (QED) is 0.664. The fraction of sp³-hybridized carbons (Fsp3) is 0.182. The molecule has 17 heavy (non-hydrogen) atoms. The van der Waals surface area contributed by atoms with Gasteiger partial charge in [-0.1, -0.05) is 0 Å². The van der Waals surface area contributed by atoms with Crippen LogP contribution in [0.2, 0.25) is 0 Å². The van der Waals surface area contributed by atoms with Crippen molar-refractivity contribution in [3.05, 3.63) is 24.5 Å². The molecule has 0 saturated carbocycles. The number of anilines is 1. The minimum absolute atomic E-state index is 0.422. The average molecular weight is 232 g/mol. The second-order valence-corrected chi connectivity index (χ2v) is 3.45. The molecule has 2 amide bonds. The van der Waals surface area contributed by atoms with E-state index in [0.717, 1.165) is 11.0 Å². The van der Waals surface area contributed by atoms with Crippen LogP contribution in [-0.2, 0) is 9.59 Å². The highest BCUT2D eigenvalue weighted by Crippen LogP contribution is 2.15. The first-order valence-corrected chi connectivity index (χ1v) is 5.23. The molecule has 1 aromatic heterocycles. The van der Waals surface area contributed by atoms with Crippen LogP contribution in [0, 0.1) is 0 Å². The van der Waals surface area contributed by atoms with E-state index in [2.05, 4.69) is 20.6 Å². The second-order valence-electron chi connectivity index (χ2n) is 3.45. The van der Waals surface area contributed by atoms with Crippen molar-refractivity contribution in [3.8, 4) is 0 Å². The second kappa shape index (κ2) is 4.65. The zero-order valence-corrected chi connectivity index (χ0v) is 9.28. The largest absolute Gasteiger partial charge is 0.348 e. The van der Waals surface area contributed by atoms with Gasteiger partial charge < -0.3 is 15.6 Å². The maximum Gasteiger partial charge on any atom is 0.313 e. The van der Waals surface area contributed by atoms with E-state index in [1.54, 1.807) is 31.5 Å². The van der Waals surface area contributed by atoms with Gasteiger partial charge in [-0.25, -0.2) is 4.98 Å². The molecule has 0 fully saturated rings. The number of fused-ring (bicyclic) bond motifs is 1. The molecule has 0 aliphatic rings. The number of imidazole rings is 1. The molecule has 2 aromatic rings. The molecule has 0 spiro atoms. The number of nitrogens with one attached hydrogen (secondary N) is 3. The van der Waals surface area contributed by atoms with Crippen LogP contribution in [0.4, 0.5) is 5.69 Å². The summed E-state index contributed by atoms with van der Waals surface area (Å²) in [5.41, 5.74) is 2.16. The number of H-pyrrole nitrogens is 1. The Morgan fingerprint density at radius 3 is 2.94 bits per heavy atom. The Labute approximate surface area is 97.4 Å². The molecule has 0 unspecified atom stereocenters. The van der Waals surface area contributed by atoms with E-state index in [0.29, 0.717) is 12.2 Å². The van der Waals surface area contributed by atoms with Gasteiger partial charge in [0.05, 0.1) is 17.4 Å². The molecule has 6 nitrogen and oxygen atoms in total. The summed E-state index contributed by atoms with van der Waals surface area (Å²) in [5.74, 6) is -1.32. The van der Waals surface area contributed by atoms with Crippen molar-refractivity contribution >= 4 is 28.5 Å². The number of amides is 2. The molecule has 88 valence electrons. The molecule has 6 heteroatoms. The Bertz CT molecular complexity index is 561. The molecule has 0 atom stereocenters. The van der Waals surface area contributed by atoms with Gasteiger partial charge in [0, 0.05) is 12.2 Å². The highest BCUT2D eigenvalue weighted by atomic mass is 16.2. The van der Waals surface area contributed by atoms with E-state index in [9.17, 15) is 9.59 Å². The number of hydrogen-bond donors (Lipinski definition) is 3. The van der Waals surface area contributed by atoms with E-state index in [1.807, 2.05) is 0 Å². The predicted octanol–water partition coefficient (Wildman–Crippen LogP) is 0.637. The van der Waals surface area contributed by atoms with Gasteiger partial charge in [0.15, 0.2) is 0 Å². The predicted molar refractivity (Wildman–Crippen MR) is 63.4 cm³/mol. The molecular formula is C11H12N4O2. The van der Waals surface area contributed by atoms with E-state index in [-0.39, 0.29) is 0 Å². The van der Waals surface area contributed by atoms with Gasteiger partial charge in [-0.05, 0) is 25.1 Å². The van der Waals surface area contributed by atoms with Gasteiger partial charge in [-0.2, -0.15) is 0 Å². The Balaban J connectivity index is 2.12. The first kappa shape index (κ1) is 11.1. The number of carbonyl (C=O) groups is 2. The van der Waals surface area contributed by atoms with Crippen molar-refractivity contribution in [1.82, 2.24) is 15.3 Å². The Morgan fingerprint density at radius 2 is 2.18 bits per heavy atom. The number of aromatic amines is 1. The Morgan fingerprint density at radius 1 is 1.35 bits per heavy atom. The third-order valence-corrected chi connectivity index (χ3v) is 2.22. The Kier molecular flexibility index (Phi) is 3.04. The zero-order valence-electron chi connectivity index (χ0n) is 9.28. The van der Waals surface area contributed by atoms with E-state index >= 15 is 0 Å². The molecule has 1 aromatic carbocycles. The molecule has 0 radical (unpaired) electrons. The summed E-state index contributed by atoms with van der Waals surface area (Å²) in [4.78, 5) is 29.6. The first-order chi connectivity index (χ1) is 8.20. The average Bonchev–Trinajstić information content (AvgIpc) is 2.76. The lowest BCUT2D eigenvalue weighted by molar-refractivity contribution is -0.136. The molecule has 1 heterocycles. The molecule has 0 saturated heterocycles. The number of aromatic nitrogens is 2. The third kappa shape index (κ3) is 2.41. The fourth-order valence-corrected chi connectivity index (χ4v) is 1.44. The number of carbonyl (C=O) groups excluding carboxylic acids is 2. The van der Waals surface area contributed by atoms with Gasteiger partial charge in [0.1, 0.15) is 0 Å². The van der Waals surface area contributed by atoms with Crippen LogP contribution in [0.3, 0.4) is 0 Å². The summed E-state index contributed by atoms with van der Waals surface area (Å²) >= 11 is 0. The van der Waals surface area contributed by atoms with Gasteiger partial charge in [0.25, 0.3) is 0 Å². The maximum absolute atomic E-state index is 11.4. The topological polar surface area (TPSA) is 86.9 Å². The summed E-state index contributed by atoms with van der Waals surface area (Å²) in [5, 5.41) is 4.94. The van der Waals surface area contributed by atoms with Crippen molar-refractivity contribution in [2.75, 3.05) is 11.9 Å². The minimum Gasteiger partial charge on any atom is -0.348 e. The van der Waals surface area contributed by atoms with Crippen LogP contribution >= 0.6 is 0 Å². The number of likely N-dealkylation sites (N-methyl/N-ethyl adjacent to an activating group) is 1. The van der Waals surface area contributed by atoms with Crippen LogP contribution < -0.4 is 10.6 Å². The fourth-order valence-electron chi connectivity index (χ4n) is 1.44. The summed E-state index contributed by atoms with van der Waals surface area (Å²) in [6.07, 6.45) is 1.57. The van der Waals surface area contributed by atoms with Crippen LogP contribution in [-0.4, -0.2) is 28.3 Å². The molecule has 0 aliphatic heterocycles. The van der Waals surface area contributed by atoms with Crippen molar-refractivity contribution < 1.29 is 9.59 Å². The zero-order chi connectivity index (χ0) is 12.3. The molecule has 0 bridgehead atoms. The van der Waals surface area contributed by atoms with Crippen LogP contribution in [0.15, 0.2) is 24.5 Å². The number of hydrogen-bond acceptors (Lipinski definition) is 3. The summed E-state index contributed by atoms with van der Waals surface area (Å²) in [7, 11) is 0. The molecular weight excluding hydrogens is 220 g/mol. The standard InChI is InChI=1S/C11H12N4O2/c1-2-12-10(16)11(17)15-7-3-4-8-9(5-7)14-6-13-8/h3-6H,2H2,1H3,(H,12,16)(H,13,14)(H,15,17). The summed E-state index contributed by atoms with van der Waals surface area (Å²) in [6.45, 7) is 2.17. The molecule has 3 N–H and O–H groups in total. The van der Waals surface area contributed by atoms with Crippen molar-refractivity contribution in [2.45, 2.75) is 6.92 Å². The highest BCUT2D eigenvalue weighted by Gasteiger charge is 2.12. The van der Waals surface area contributed by atoms with Gasteiger partial charge >= 0.3 is 11.8 Å². The van der Waals surface area contributed by atoms with Gasteiger partial charge in [-0.15, -0.1) is 0 Å². The molecule has 0 aliphatic carbocycles. The lowest BCUT2D eigenvalue weighted by Gasteiger charge is -2.04. The van der Waals surface area contributed by atoms with Crippen molar-refractivity contribution in [1.29, 1.82) is 0 Å². The first-order valence-electron chi connectivity index (χ1n) is 5.23. The lowest BCUT2D eigenvalue weighted by atomic mass is 10.2. The SMILES string of the molecule is CCNC(=O)C(=O)Nc1ccc2nc[nH]c2c1. The monoisotopic (exact) mass is 232 g/mol. The van der Waals surface area contributed by atoms with Crippen LogP contribution in [0.5, 0.6) is 0 Å². The smallest absolute Gasteiger partial charge is 0.313 e. The van der Waals surface area contributed by atoms with Crippen LogP contribution in [0.1, 0.15) is 6.92 Å². The molecule has 2 rings (SSSR count). The van der Waals surface area contributed by atoms with Gasteiger partial charge in [0.2, 0.25) is 0 Å². The van der Waals surface area contributed by atoms with E-state index < -0.39 is 11.8 Å². The summed E-state index contributed by atoms with van der Waals surface area (Å²) in [6, 6.07) is 5.18. The normalized spacial score (nSPS) is 10.2. The maximum atomic E-state index is 11.4. The highest BCUT2D eigenvalue weighted by molar-refractivity contribution is 6.39. The number of nitrogens with zero attached hydrogens (tertiary/aromatic N) is 1. The summed E-state index contributed by atoms with van der Waals surface area (Å²) < 4.78 is 0. The third-order valence-electron chi connectivity index (χ3n) is 2.22. The minimum atomic E-state index is -0.675.